The van der Waals surface area contributed by atoms with Gasteiger partial charge in [-0.1, -0.05) is 11.2 Å². The van der Waals surface area contributed by atoms with E-state index in [0.29, 0.717) is 6.42 Å². The lowest BCUT2D eigenvalue weighted by Gasteiger charge is -2.41. The van der Waals surface area contributed by atoms with Gasteiger partial charge in [-0.3, -0.25) is 14.7 Å². The Morgan fingerprint density at radius 1 is 1.11 bits per heavy atom. The molecule has 3 aromatic heterocycles. The van der Waals surface area contributed by atoms with Gasteiger partial charge in [0.25, 0.3) is 0 Å². The van der Waals surface area contributed by atoms with Gasteiger partial charge in [0.05, 0.1) is 16.8 Å². The van der Waals surface area contributed by atoms with Gasteiger partial charge in [0.15, 0.2) is 0 Å². The highest BCUT2D eigenvalue weighted by Crippen LogP contribution is 2.43. The van der Waals surface area contributed by atoms with Gasteiger partial charge >= 0.3 is 0 Å². The first-order chi connectivity index (χ1) is 17.2. The molecule has 7 heteroatoms. The monoisotopic (exact) mass is 486 g/mol. The summed E-state index contributed by atoms with van der Waals surface area (Å²) in [5.41, 5.74) is 5.46. The van der Waals surface area contributed by atoms with E-state index in [-0.39, 0.29) is 17.2 Å². The fourth-order valence-corrected chi connectivity index (χ4v) is 5.25. The smallest absolute Gasteiger partial charge is 0.248 e. The van der Waals surface area contributed by atoms with Crippen LogP contribution in [0, 0.1) is 13.8 Å². The van der Waals surface area contributed by atoms with Crippen molar-refractivity contribution in [3.63, 3.8) is 0 Å². The van der Waals surface area contributed by atoms with Gasteiger partial charge in [-0.15, -0.1) is 0 Å². The molecule has 36 heavy (non-hydrogen) atoms. The number of rotatable bonds is 5. The minimum absolute atomic E-state index is 0.0819. The minimum Gasteiger partial charge on any atom is -0.490 e. The predicted molar refractivity (Wildman–Crippen MR) is 142 cm³/mol. The molecule has 1 fully saturated rings. The fourth-order valence-electron chi connectivity index (χ4n) is 5.25. The van der Waals surface area contributed by atoms with Crippen LogP contribution in [0.15, 0.2) is 51.9 Å². The number of H-pyrrole nitrogens is 1. The van der Waals surface area contributed by atoms with E-state index in [2.05, 4.69) is 40.8 Å². The predicted octanol–water partition coefficient (Wildman–Crippen LogP) is 5.43. The van der Waals surface area contributed by atoms with Gasteiger partial charge in [0.2, 0.25) is 5.56 Å². The highest BCUT2D eigenvalue weighted by molar-refractivity contribution is 5.94. The molecule has 7 nitrogen and oxygen atoms in total. The summed E-state index contributed by atoms with van der Waals surface area (Å²) in [6, 6.07) is 11.4. The van der Waals surface area contributed by atoms with Crippen LogP contribution in [0.4, 0.5) is 0 Å². The molecule has 0 spiro atoms. The van der Waals surface area contributed by atoms with E-state index in [1.165, 1.54) is 0 Å². The Balaban J connectivity index is 1.65. The molecule has 0 radical (unpaired) electrons. The molecule has 4 aromatic rings. The molecular weight excluding hydrogens is 452 g/mol. The molecule has 0 saturated carbocycles. The number of benzene rings is 1. The van der Waals surface area contributed by atoms with Gasteiger partial charge in [-0.25, -0.2) is 0 Å². The average Bonchev–Trinajstić information content (AvgIpc) is 3.17. The third-order valence-electron chi connectivity index (χ3n) is 7.15. The summed E-state index contributed by atoms with van der Waals surface area (Å²) in [4.78, 5) is 22.4. The van der Waals surface area contributed by atoms with Crippen molar-refractivity contribution in [3.05, 3.63) is 75.7 Å². The van der Waals surface area contributed by atoms with Crippen molar-refractivity contribution in [2.45, 2.75) is 65.5 Å². The molecule has 188 valence electrons. The Morgan fingerprint density at radius 2 is 1.89 bits per heavy atom. The number of aryl methyl sites for hydroxylation is 2. The zero-order chi connectivity index (χ0) is 25.4. The number of aromatic nitrogens is 3. The van der Waals surface area contributed by atoms with E-state index in [9.17, 15) is 4.79 Å². The number of pyridine rings is 2. The van der Waals surface area contributed by atoms with Crippen molar-refractivity contribution < 1.29 is 9.26 Å². The number of ether oxygens (including phenoxy) is 1. The highest BCUT2D eigenvalue weighted by Gasteiger charge is 2.30. The topological polar surface area (TPSA) is 84.3 Å². The first-order valence-electron chi connectivity index (χ1n) is 12.6. The average molecular weight is 487 g/mol. The number of hydrogen-bond acceptors (Lipinski definition) is 6. The summed E-state index contributed by atoms with van der Waals surface area (Å²) in [5.74, 6) is 1.49. The molecule has 4 heterocycles. The maximum Gasteiger partial charge on any atom is 0.248 e. The van der Waals surface area contributed by atoms with E-state index < -0.39 is 0 Å². The largest absolute Gasteiger partial charge is 0.490 e. The number of hydrogen-bond donors (Lipinski definition) is 1. The molecule has 1 N–H and O–H groups in total. The third-order valence-corrected chi connectivity index (χ3v) is 7.15. The minimum atomic E-state index is -0.138. The number of aromatic amines is 1. The summed E-state index contributed by atoms with van der Waals surface area (Å²) in [6.07, 6.45) is 4.35. The second-order valence-electron chi connectivity index (χ2n) is 10.7. The third kappa shape index (κ3) is 4.80. The number of nitrogens with one attached hydrogen (secondary N) is 1. The zero-order valence-corrected chi connectivity index (χ0v) is 21.7. The quantitative estimate of drug-likeness (QED) is 0.405. The molecule has 5 rings (SSSR count). The molecule has 0 bridgehead atoms. The van der Waals surface area contributed by atoms with Gasteiger partial charge in [0, 0.05) is 60.0 Å². The van der Waals surface area contributed by atoms with Crippen LogP contribution in [0.3, 0.4) is 0 Å². The van der Waals surface area contributed by atoms with Crippen LogP contribution in [0.1, 0.15) is 56.3 Å². The van der Waals surface area contributed by atoms with Crippen molar-refractivity contribution in [2.75, 3.05) is 13.1 Å². The summed E-state index contributed by atoms with van der Waals surface area (Å²) in [7, 11) is 0. The molecule has 0 atom stereocenters. The maximum absolute atomic E-state index is 12.3. The van der Waals surface area contributed by atoms with Gasteiger partial charge in [-0.05, 0) is 71.2 Å². The Hall–Kier alpha value is -3.45. The van der Waals surface area contributed by atoms with E-state index in [4.69, 9.17) is 9.26 Å². The summed E-state index contributed by atoms with van der Waals surface area (Å²) in [5, 5.41) is 5.21. The van der Waals surface area contributed by atoms with Gasteiger partial charge in [0.1, 0.15) is 17.6 Å². The Morgan fingerprint density at radius 3 is 2.53 bits per heavy atom. The molecular formula is C29H34N4O3. The van der Waals surface area contributed by atoms with Crippen LogP contribution in [0.5, 0.6) is 5.75 Å². The van der Waals surface area contributed by atoms with Crippen molar-refractivity contribution in [3.8, 4) is 16.9 Å². The second-order valence-corrected chi connectivity index (χ2v) is 10.7. The highest BCUT2D eigenvalue weighted by atomic mass is 16.5. The molecule has 1 saturated heterocycles. The Bertz CT molecular complexity index is 1410. The summed E-state index contributed by atoms with van der Waals surface area (Å²) >= 11 is 0. The molecule has 1 aliphatic heterocycles. The van der Waals surface area contributed by atoms with Crippen molar-refractivity contribution in [1.82, 2.24) is 20.0 Å². The lowest BCUT2D eigenvalue weighted by molar-refractivity contribution is 0.0494. The van der Waals surface area contributed by atoms with Crippen molar-refractivity contribution >= 4 is 10.9 Å². The first-order valence-corrected chi connectivity index (χ1v) is 12.6. The van der Waals surface area contributed by atoms with Gasteiger partial charge in [-0.2, -0.15) is 0 Å². The van der Waals surface area contributed by atoms with Crippen LogP contribution < -0.4 is 10.3 Å². The van der Waals surface area contributed by atoms with Gasteiger partial charge < -0.3 is 14.2 Å². The number of fused-ring (bicyclic) bond motifs is 1. The lowest BCUT2D eigenvalue weighted by atomic mass is 9.90. The second kappa shape index (κ2) is 9.54. The molecule has 0 unspecified atom stereocenters. The SMILES string of the molecule is Cc1noc(C)c1-c1c(OC2CCN(C(C)(C)C)CC2)cc2[nH]c(=O)ccc2c1Cc1ccccn1. The van der Waals surface area contributed by atoms with E-state index in [0.717, 1.165) is 76.4 Å². The summed E-state index contributed by atoms with van der Waals surface area (Å²) < 4.78 is 12.4. The van der Waals surface area contributed by atoms with Crippen LogP contribution in [-0.4, -0.2) is 44.8 Å². The zero-order valence-electron chi connectivity index (χ0n) is 21.7. The van der Waals surface area contributed by atoms with E-state index >= 15 is 0 Å². The normalized spacial score (nSPS) is 15.5. The molecule has 1 aromatic carbocycles. The Kier molecular flexibility index (Phi) is 6.43. The van der Waals surface area contributed by atoms with Crippen molar-refractivity contribution in [1.29, 1.82) is 0 Å². The number of likely N-dealkylation sites (tertiary alicyclic amines) is 1. The Labute approximate surface area is 211 Å². The number of piperidine rings is 1. The molecule has 0 amide bonds. The molecule has 0 aliphatic carbocycles. The fraction of sp³-hybridized carbons (Fsp3) is 0.414. The summed E-state index contributed by atoms with van der Waals surface area (Å²) in [6.45, 7) is 12.6. The first kappa shape index (κ1) is 24.3. The van der Waals surface area contributed by atoms with E-state index in [1.54, 1.807) is 12.3 Å². The number of nitrogens with zero attached hydrogens (tertiary/aromatic N) is 3. The van der Waals surface area contributed by atoms with Crippen LogP contribution in [0.2, 0.25) is 0 Å². The van der Waals surface area contributed by atoms with Crippen LogP contribution in [0.25, 0.3) is 22.0 Å². The lowest BCUT2D eigenvalue weighted by Crippen LogP contribution is -2.48. The molecule has 1 aliphatic rings. The van der Waals surface area contributed by atoms with Crippen LogP contribution >= 0.6 is 0 Å². The van der Waals surface area contributed by atoms with E-state index in [1.807, 2.05) is 44.2 Å². The van der Waals surface area contributed by atoms with Crippen LogP contribution in [-0.2, 0) is 6.42 Å². The maximum atomic E-state index is 12.3. The standard InChI is InChI=1S/C29H34N4O3/c1-18-27(19(2)36-32-18)28-23(16-20-8-6-7-13-30-20)22-9-10-26(34)31-24(22)17-25(28)35-21-11-14-33(15-12-21)29(3,4)5/h6-10,13,17,21H,11-12,14-16H2,1-5H3,(H,31,34). The van der Waals surface area contributed by atoms with Crippen molar-refractivity contribution in [2.24, 2.45) is 0 Å².